The largest absolute Gasteiger partial charge is 0.348 e. The van der Waals surface area contributed by atoms with Crippen LogP contribution in [-0.4, -0.2) is 20.3 Å². The maximum atomic E-state index is 12.8. The summed E-state index contributed by atoms with van der Waals surface area (Å²) in [7, 11) is 0. The van der Waals surface area contributed by atoms with Crippen molar-refractivity contribution in [2.45, 2.75) is 45.6 Å². The van der Waals surface area contributed by atoms with E-state index in [-0.39, 0.29) is 5.78 Å². The number of Topliss-reactive ketones (excluding diaryl/α,β-unsaturated/α-hetero) is 1. The number of nitrogens with zero attached hydrogens (tertiary/aromatic N) is 2. The van der Waals surface area contributed by atoms with E-state index in [1.165, 1.54) is 23.9 Å². The Balaban J connectivity index is 1.66. The normalized spacial score (nSPS) is 14.1. The molecule has 1 aromatic carbocycles. The molecular formula is C19H21N3O. The van der Waals surface area contributed by atoms with Gasteiger partial charge in [0.2, 0.25) is 0 Å². The summed E-state index contributed by atoms with van der Waals surface area (Å²) in [5.74, 6) is 0.217. The van der Waals surface area contributed by atoms with E-state index in [0.717, 1.165) is 35.3 Å². The summed E-state index contributed by atoms with van der Waals surface area (Å²) >= 11 is 0. The molecule has 0 radical (unpaired) electrons. The van der Waals surface area contributed by atoms with E-state index in [9.17, 15) is 4.79 Å². The van der Waals surface area contributed by atoms with Gasteiger partial charge in [-0.15, -0.1) is 0 Å². The lowest BCUT2D eigenvalue weighted by Crippen LogP contribution is -2.02. The molecule has 0 amide bonds. The minimum Gasteiger partial charge on any atom is -0.348 e. The van der Waals surface area contributed by atoms with Gasteiger partial charge >= 0.3 is 0 Å². The van der Waals surface area contributed by atoms with Crippen LogP contribution < -0.4 is 0 Å². The van der Waals surface area contributed by atoms with Crippen LogP contribution >= 0.6 is 0 Å². The highest BCUT2D eigenvalue weighted by Gasteiger charge is 2.19. The minimum absolute atomic E-state index is 0.217. The molecule has 0 bridgehead atoms. The third-order valence-electron chi connectivity index (χ3n) is 4.90. The van der Waals surface area contributed by atoms with Crippen LogP contribution in [0.3, 0.4) is 0 Å². The average Bonchev–Trinajstić information content (AvgIpc) is 3.06. The third kappa shape index (κ3) is 2.48. The summed E-state index contributed by atoms with van der Waals surface area (Å²) in [6, 6.07) is 6.38. The van der Waals surface area contributed by atoms with E-state index >= 15 is 0 Å². The zero-order valence-corrected chi connectivity index (χ0v) is 13.4. The SMILES string of the molecule is Cc1[nH]cnc1CCC(=O)c1cn2c3c(cccc13)CCCC2. The van der Waals surface area contributed by atoms with Crippen molar-refractivity contribution >= 4 is 16.7 Å². The Labute approximate surface area is 135 Å². The van der Waals surface area contributed by atoms with Crippen LogP contribution in [0.1, 0.15) is 46.6 Å². The van der Waals surface area contributed by atoms with Gasteiger partial charge in [-0.2, -0.15) is 0 Å². The Morgan fingerprint density at radius 2 is 2.26 bits per heavy atom. The summed E-state index contributed by atoms with van der Waals surface area (Å²) in [5.41, 5.74) is 5.56. The highest BCUT2D eigenvalue weighted by Crippen LogP contribution is 2.29. The van der Waals surface area contributed by atoms with Gasteiger partial charge in [-0.3, -0.25) is 4.79 Å². The molecule has 0 spiro atoms. The topological polar surface area (TPSA) is 50.7 Å². The van der Waals surface area contributed by atoms with Gasteiger partial charge in [-0.25, -0.2) is 4.98 Å². The molecule has 4 rings (SSSR count). The summed E-state index contributed by atoms with van der Waals surface area (Å²) in [4.78, 5) is 20.1. The van der Waals surface area contributed by atoms with Crippen LogP contribution in [0.25, 0.3) is 10.9 Å². The molecule has 1 aliphatic heterocycles. The Morgan fingerprint density at radius 3 is 3.09 bits per heavy atom. The zero-order valence-electron chi connectivity index (χ0n) is 13.4. The number of hydrogen-bond donors (Lipinski definition) is 1. The number of aromatic nitrogens is 3. The number of carbonyl (C=O) groups excluding carboxylic acids is 1. The quantitative estimate of drug-likeness (QED) is 0.745. The molecule has 0 unspecified atom stereocenters. The van der Waals surface area contributed by atoms with Gasteiger partial charge < -0.3 is 9.55 Å². The first-order valence-corrected chi connectivity index (χ1v) is 8.37. The Hall–Kier alpha value is -2.36. The number of aryl methyl sites for hydroxylation is 4. The standard InChI is InChI=1S/C19H21N3O/c1-13-17(21-12-20-13)8-9-18(23)16-11-22-10-3-2-5-14-6-4-7-15(16)19(14)22/h4,6-7,11-12H,2-3,5,8-10H2,1H3,(H,20,21). The fourth-order valence-electron chi connectivity index (χ4n) is 3.64. The van der Waals surface area contributed by atoms with Crippen molar-refractivity contribution in [3.05, 3.63) is 53.2 Å². The van der Waals surface area contributed by atoms with Crippen molar-refractivity contribution in [3.8, 4) is 0 Å². The fourth-order valence-corrected chi connectivity index (χ4v) is 3.64. The lowest BCUT2D eigenvalue weighted by atomic mass is 10.0. The molecule has 118 valence electrons. The van der Waals surface area contributed by atoms with E-state index in [4.69, 9.17) is 0 Å². The predicted molar refractivity (Wildman–Crippen MR) is 90.9 cm³/mol. The number of aromatic amines is 1. The molecule has 0 aliphatic carbocycles. The Bertz CT molecular complexity index is 872. The van der Waals surface area contributed by atoms with Gasteiger partial charge in [0.25, 0.3) is 0 Å². The molecule has 0 saturated carbocycles. The van der Waals surface area contributed by atoms with Crippen LogP contribution in [0.2, 0.25) is 0 Å². The molecule has 0 atom stereocenters. The van der Waals surface area contributed by atoms with Crippen molar-refractivity contribution in [2.75, 3.05) is 0 Å². The van der Waals surface area contributed by atoms with E-state index in [1.807, 2.05) is 6.92 Å². The molecule has 1 N–H and O–H groups in total. The van der Waals surface area contributed by atoms with Crippen molar-refractivity contribution in [2.24, 2.45) is 0 Å². The van der Waals surface area contributed by atoms with Gasteiger partial charge in [-0.1, -0.05) is 18.2 Å². The molecule has 2 aromatic heterocycles. The first-order chi connectivity index (χ1) is 11.2. The highest BCUT2D eigenvalue weighted by atomic mass is 16.1. The van der Waals surface area contributed by atoms with Crippen molar-refractivity contribution in [3.63, 3.8) is 0 Å². The van der Waals surface area contributed by atoms with E-state index in [2.05, 4.69) is 38.9 Å². The number of nitrogens with one attached hydrogen (secondary N) is 1. The number of hydrogen-bond acceptors (Lipinski definition) is 2. The van der Waals surface area contributed by atoms with E-state index in [1.54, 1.807) is 6.33 Å². The van der Waals surface area contributed by atoms with Crippen molar-refractivity contribution in [1.82, 2.24) is 14.5 Å². The predicted octanol–water partition coefficient (Wildman–Crippen LogP) is 3.82. The summed E-state index contributed by atoms with van der Waals surface area (Å²) in [6.45, 7) is 3.01. The molecule has 4 heteroatoms. The van der Waals surface area contributed by atoms with Gasteiger partial charge in [0, 0.05) is 35.8 Å². The maximum Gasteiger partial charge on any atom is 0.165 e. The second-order valence-corrected chi connectivity index (χ2v) is 6.40. The van der Waals surface area contributed by atoms with Gasteiger partial charge in [-0.05, 0) is 38.2 Å². The number of imidazole rings is 1. The fraction of sp³-hybridized carbons (Fsp3) is 0.368. The molecule has 4 nitrogen and oxygen atoms in total. The lowest BCUT2D eigenvalue weighted by Gasteiger charge is -2.03. The maximum absolute atomic E-state index is 12.8. The average molecular weight is 307 g/mol. The van der Waals surface area contributed by atoms with Crippen LogP contribution in [0, 0.1) is 6.92 Å². The number of carbonyl (C=O) groups is 1. The summed E-state index contributed by atoms with van der Waals surface area (Å²) < 4.78 is 2.28. The molecule has 3 aromatic rings. The van der Waals surface area contributed by atoms with Crippen LogP contribution in [-0.2, 0) is 19.4 Å². The third-order valence-corrected chi connectivity index (χ3v) is 4.90. The molecule has 0 fully saturated rings. The van der Waals surface area contributed by atoms with Crippen LogP contribution in [0.15, 0.2) is 30.7 Å². The van der Waals surface area contributed by atoms with Crippen LogP contribution in [0.5, 0.6) is 0 Å². The first kappa shape index (κ1) is 14.2. The zero-order chi connectivity index (χ0) is 15.8. The second kappa shape index (κ2) is 5.69. The number of benzene rings is 1. The Morgan fingerprint density at radius 1 is 1.35 bits per heavy atom. The number of H-pyrrole nitrogens is 1. The number of para-hydroxylation sites is 1. The molecule has 23 heavy (non-hydrogen) atoms. The van der Waals surface area contributed by atoms with E-state index < -0.39 is 0 Å². The lowest BCUT2D eigenvalue weighted by molar-refractivity contribution is 0.0984. The number of rotatable bonds is 4. The highest BCUT2D eigenvalue weighted by molar-refractivity contribution is 6.08. The molecule has 1 aliphatic rings. The van der Waals surface area contributed by atoms with Gasteiger partial charge in [0.15, 0.2) is 5.78 Å². The number of ketones is 1. The van der Waals surface area contributed by atoms with Crippen LogP contribution in [0.4, 0.5) is 0 Å². The first-order valence-electron chi connectivity index (χ1n) is 8.37. The monoisotopic (exact) mass is 307 g/mol. The summed E-state index contributed by atoms with van der Waals surface area (Å²) in [5, 5.41) is 1.12. The molecular weight excluding hydrogens is 286 g/mol. The van der Waals surface area contributed by atoms with Crippen molar-refractivity contribution in [1.29, 1.82) is 0 Å². The van der Waals surface area contributed by atoms with Gasteiger partial charge in [0.05, 0.1) is 17.5 Å². The van der Waals surface area contributed by atoms with Crippen molar-refractivity contribution < 1.29 is 4.79 Å². The summed E-state index contributed by atoms with van der Waals surface area (Å²) in [6.07, 6.45) is 8.48. The molecule has 0 saturated heterocycles. The molecule has 3 heterocycles. The Kier molecular flexibility index (Phi) is 3.52. The second-order valence-electron chi connectivity index (χ2n) is 6.40. The van der Waals surface area contributed by atoms with Gasteiger partial charge in [0.1, 0.15) is 0 Å². The minimum atomic E-state index is 0.217. The smallest absolute Gasteiger partial charge is 0.165 e. The van der Waals surface area contributed by atoms with E-state index in [0.29, 0.717) is 12.8 Å².